The lowest BCUT2D eigenvalue weighted by atomic mass is 9.95. The van der Waals surface area contributed by atoms with Crippen molar-refractivity contribution in [2.45, 2.75) is 37.5 Å². The Morgan fingerprint density at radius 1 is 1.10 bits per heavy atom. The van der Waals surface area contributed by atoms with Gasteiger partial charge in [0, 0.05) is 9.77 Å². The molecular weight excluding hydrogens is 402 g/mol. The van der Waals surface area contributed by atoms with Gasteiger partial charge in [-0.1, -0.05) is 30.3 Å². The number of carbonyl (C=O) groups excluding carboxylic acids is 2. The average Bonchev–Trinajstić information content (AvgIpc) is 3.10. The van der Waals surface area contributed by atoms with Crippen LogP contribution in [0.3, 0.4) is 0 Å². The number of anilines is 1. The monoisotopic (exact) mass is 425 g/mol. The predicted octanol–water partition coefficient (Wildman–Crippen LogP) is 5.69. The van der Waals surface area contributed by atoms with Gasteiger partial charge in [-0.05, 0) is 61.1 Å². The number of rotatable bonds is 6. The lowest BCUT2D eigenvalue weighted by Crippen LogP contribution is -2.17. The van der Waals surface area contributed by atoms with E-state index in [0.717, 1.165) is 41.5 Å². The molecule has 0 atom stereocenters. The Kier molecular flexibility index (Phi) is 6.21. The summed E-state index contributed by atoms with van der Waals surface area (Å²) in [5.41, 5.74) is 1.63. The Morgan fingerprint density at radius 3 is 2.72 bits per heavy atom. The Hall–Kier alpha value is -2.31. The molecule has 1 N–H and O–H groups in total. The molecule has 0 saturated carbocycles. The molecule has 0 radical (unpaired) electrons. The van der Waals surface area contributed by atoms with Crippen LogP contribution in [0.2, 0.25) is 0 Å². The van der Waals surface area contributed by atoms with E-state index in [1.165, 1.54) is 33.4 Å². The van der Waals surface area contributed by atoms with Gasteiger partial charge in [0.05, 0.1) is 17.9 Å². The Morgan fingerprint density at radius 2 is 1.90 bits per heavy atom. The number of hydrogen-bond donors (Lipinski definition) is 1. The third-order valence-electron chi connectivity index (χ3n) is 4.99. The Bertz CT molecular complexity index is 1060. The number of carbonyl (C=O) groups is 2. The number of nitrogens with one attached hydrogen (secondary N) is 1. The largest absolute Gasteiger partial charge is 0.462 e. The highest BCUT2D eigenvalue weighted by atomic mass is 32.2. The van der Waals surface area contributed by atoms with E-state index < -0.39 is 0 Å². The second-order valence-electron chi connectivity index (χ2n) is 6.98. The lowest BCUT2D eigenvalue weighted by molar-refractivity contribution is -0.113. The van der Waals surface area contributed by atoms with Gasteiger partial charge in [0.2, 0.25) is 5.91 Å². The van der Waals surface area contributed by atoms with E-state index in [9.17, 15) is 9.59 Å². The second kappa shape index (κ2) is 9.01. The highest BCUT2D eigenvalue weighted by Crippen LogP contribution is 2.38. The molecular formula is C23H23NO3S2. The van der Waals surface area contributed by atoms with Crippen molar-refractivity contribution in [2.75, 3.05) is 17.7 Å². The number of thiophene rings is 1. The van der Waals surface area contributed by atoms with Crippen LogP contribution in [0, 0.1) is 0 Å². The molecule has 0 fully saturated rings. The molecule has 0 spiro atoms. The van der Waals surface area contributed by atoms with Crippen molar-refractivity contribution in [1.82, 2.24) is 0 Å². The van der Waals surface area contributed by atoms with Gasteiger partial charge in [0.1, 0.15) is 5.00 Å². The molecule has 3 aromatic rings. The molecule has 1 aromatic heterocycles. The molecule has 2 aromatic carbocycles. The van der Waals surface area contributed by atoms with Crippen LogP contribution in [0.25, 0.3) is 10.8 Å². The van der Waals surface area contributed by atoms with Crippen molar-refractivity contribution >= 4 is 50.7 Å². The first-order valence-corrected chi connectivity index (χ1v) is 11.7. The molecule has 0 aliphatic heterocycles. The van der Waals surface area contributed by atoms with E-state index in [1.807, 2.05) is 18.2 Å². The van der Waals surface area contributed by atoms with Crippen molar-refractivity contribution in [3.05, 3.63) is 58.5 Å². The number of ether oxygens (including phenoxy) is 1. The molecule has 0 bridgehead atoms. The molecule has 6 heteroatoms. The van der Waals surface area contributed by atoms with Gasteiger partial charge in [-0.3, -0.25) is 4.79 Å². The third-order valence-corrected chi connectivity index (χ3v) is 7.20. The van der Waals surface area contributed by atoms with Crippen LogP contribution in [0.5, 0.6) is 0 Å². The smallest absolute Gasteiger partial charge is 0.341 e. The van der Waals surface area contributed by atoms with Gasteiger partial charge >= 0.3 is 5.97 Å². The summed E-state index contributed by atoms with van der Waals surface area (Å²) in [6, 6.07) is 14.4. The molecule has 1 amide bonds. The van der Waals surface area contributed by atoms with Crippen LogP contribution in [0.4, 0.5) is 5.00 Å². The third kappa shape index (κ3) is 4.49. The van der Waals surface area contributed by atoms with Crippen LogP contribution in [-0.2, 0) is 22.4 Å². The maximum absolute atomic E-state index is 12.6. The molecule has 1 heterocycles. The van der Waals surface area contributed by atoms with E-state index in [2.05, 4.69) is 29.6 Å². The Labute approximate surface area is 178 Å². The van der Waals surface area contributed by atoms with Crippen LogP contribution in [-0.4, -0.2) is 24.2 Å². The normalized spacial score (nSPS) is 13.1. The van der Waals surface area contributed by atoms with Gasteiger partial charge in [-0.2, -0.15) is 0 Å². The summed E-state index contributed by atoms with van der Waals surface area (Å²) >= 11 is 3.02. The number of esters is 1. The quantitative estimate of drug-likeness (QED) is 0.407. The summed E-state index contributed by atoms with van der Waals surface area (Å²) in [5, 5.41) is 5.96. The summed E-state index contributed by atoms with van der Waals surface area (Å²) in [5.74, 6) is -0.139. The number of fused-ring (bicyclic) bond motifs is 2. The maximum Gasteiger partial charge on any atom is 0.341 e. The first-order chi connectivity index (χ1) is 14.2. The highest BCUT2D eigenvalue weighted by molar-refractivity contribution is 8.00. The number of benzene rings is 2. The van der Waals surface area contributed by atoms with Crippen LogP contribution >= 0.6 is 23.1 Å². The zero-order valence-electron chi connectivity index (χ0n) is 16.3. The van der Waals surface area contributed by atoms with Crippen molar-refractivity contribution in [1.29, 1.82) is 0 Å². The van der Waals surface area contributed by atoms with Crippen molar-refractivity contribution in [3.8, 4) is 0 Å². The first-order valence-electron chi connectivity index (χ1n) is 9.89. The number of thioether (sulfide) groups is 1. The number of amides is 1. The minimum absolute atomic E-state index is 0.104. The van der Waals surface area contributed by atoms with Gasteiger partial charge in [-0.25, -0.2) is 4.79 Å². The molecule has 1 aliphatic carbocycles. The zero-order chi connectivity index (χ0) is 20.2. The summed E-state index contributed by atoms with van der Waals surface area (Å²) in [4.78, 5) is 27.4. The van der Waals surface area contributed by atoms with Crippen molar-refractivity contribution in [3.63, 3.8) is 0 Å². The summed E-state index contributed by atoms with van der Waals surface area (Å²) in [6.07, 6.45) is 4.04. The fourth-order valence-corrected chi connectivity index (χ4v) is 5.68. The fraction of sp³-hybridized carbons (Fsp3) is 0.304. The topological polar surface area (TPSA) is 55.4 Å². The van der Waals surface area contributed by atoms with E-state index in [0.29, 0.717) is 22.9 Å². The van der Waals surface area contributed by atoms with E-state index >= 15 is 0 Å². The zero-order valence-corrected chi connectivity index (χ0v) is 18.0. The minimum Gasteiger partial charge on any atom is -0.462 e. The summed E-state index contributed by atoms with van der Waals surface area (Å²) in [6.45, 7) is 2.13. The van der Waals surface area contributed by atoms with Gasteiger partial charge < -0.3 is 10.1 Å². The average molecular weight is 426 g/mol. The van der Waals surface area contributed by atoms with E-state index in [4.69, 9.17) is 4.74 Å². The molecule has 29 heavy (non-hydrogen) atoms. The minimum atomic E-state index is -0.329. The maximum atomic E-state index is 12.6. The van der Waals surface area contributed by atoms with Crippen LogP contribution < -0.4 is 5.32 Å². The summed E-state index contributed by atoms with van der Waals surface area (Å²) < 4.78 is 5.26. The molecule has 0 saturated heterocycles. The molecule has 4 rings (SSSR count). The summed E-state index contributed by atoms with van der Waals surface area (Å²) in [7, 11) is 0. The molecule has 1 aliphatic rings. The highest BCUT2D eigenvalue weighted by Gasteiger charge is 2.27. The van der Waals surface area contributed by atoms with E-state index in [1.54, 1.807) is 6.92 Å². The van der Waals surface area contributed by atoms with E-state index in [-0.39, 0.29) is 11.9 Å². The van der Waals surface area contributed by atoms with Gasteiger partial charge in [-0.15, -0.1) is 23.1 Å². The fourth-order valence-electron chi connectivity index (χ4n) is 3.64. The SMILES string of the molecule is CCOC(=O)c1c(NC(=O)CSc2ccc3ccccc3c2)sc2c1CCCC2. The predicted molar refractivity (Wildman–Crippen MR) is 120 cm³/mol. The lowest BCUT2D eigenvalue weighted by Gasteiger charge is -2.12. The van der Waals surface area contributed by atoms with Crippen molar-refractivity contribution in [2.24, 2.45) is 0 Å². The molecule has 150 valence electrons. The molecule has 4 nitrogen and oxygen atoms in total. The standard InChI is InChI=1S/C23H23NO3S2/c1-2-27-23(26)21-18-9-5-6-10-19(18)29-22(21)24-20(25)14-28-17-12-11-15-7-3-4-8-16(15)13-17/h3-4,7-8,11-13H,2,5-6,9-10,14H2,1H3,(H,24,25). The van der Waals surface area contributed by atoms with Gasteiger partial charge in [0.15, 0.2) is 0 Å². The van der Waals surface area contributed by atoms with Crippen LogP contribution in [0.15, 0.2) is 47.4 Å². The second-order valence-corrected chi connectivity index (χ2v) is 9.14. The van der Waals surface area contributed by atoms with Gasteiger partial charge in [0.25, 0.3) is 0 Å². The molecule has 0 unspecified atom stereocenters. The van der Waals surface area contributed by atoms with Crippen LogP contribution in [0.1, 0.15) is 40.6 Å². The number of hydrogen-bond acceptors (Lipinski definition) is 5. The first kappa shape index (κ1) is 20.0. The Balaban J connectivity index is 1.47. The number of aryl methyl sites for hydroxylation is 1. The van der Waals surface area contributed by atoms with Crippen molar-refractivity contribution < 1.29 is 14.3 Å².